The van der Waals surface area contributed by atoms with Crippen LogP contribution in [0.4, 0.5) is 0 Å². The number of carbonyl (C=O) groups is 1. The van der Waals surface area contributed by atoms with Gasteiger partial charge in [0.2, 0.25) is 0 Å². The smallest absolute Gasteiger partial charge is 0.150 e. The van der Waals surface area contributed by atoms with Crippen LogP contribution in [0, 0.1) is 0 Å². The highest BCUT2D eigenvalue weighted by Gasteiger charge is 1.91. The molecule has 0 radical (unpaired) electrons. The van der Waals surface area contributed by atoms with Gasteiger partial charge in [-0.2, -0.15) is 0 Å². The van der Waals surface area contributed by atoms with Gasteiger partial charge in [-0.25, -0.2) is 0 Å². The maximum absolute atomic E-state index is 10.4. The minimum absolute atomic E-state index is 0.348. The van der Waals surface area contributed by atoms with Crippen LogP contribution in [0.1, 0.15) is 10.4 Å². The van der Waals surface area contributed by atoms with Gasteiger partial charge in [0.15, 0.2) is 6.29 Å². The lowest BCUT2D eigenvalue weighted by Crippen LogP contribution is -2.14. The van der Waals surface area contributed by atoms with E-state index in [0.717, 1.165) is 12.5 Å². The van der Waals surface area contributed by atoms with Crippen molar-refractivity contribution in [3.8, 4) is 0 Å². The second-order valence-corrected chi connectivity index (χ2v) is 2.26. The molecular weight excluding hydrogens is 156 g/mol. The van der Waals surface area contributed by atoms with E-state index < -0.39 is 0 Å². The van der Waals surface area contributed by atoms with E-state index in [-0.39, 0.29) is 0 Å². The highest BCUT2D eigenvalue weighted by molar-refractivity contribution is 5.75. The number of aliphatic hydroxyl groups excluding tert-OH is 2. The minimum atomic E-state index is 0.348. The van der Waals surface area contributed by atoms with Crippen LogP contribution in [-0.2, 0) is 0 Å². The monoisotopic (exact) mass is 164 g/mol. The highest BCUT2D eigenvalue weighted by atomic mass is 16.2. The molecule has 0 saturated carbocycles. The first-order valence-electron chi connectivity index (χ1n) is 3.36. The Bertz CT molecular complexity index is 393. The summed E-state index contributed by atoms with van der Waals surface area (Å²) in [5.41, 5.74) is 0.348. The third-order valence-electron chi connectivity index (χ3n) is 1.53. The molecule has 0 unspecified atom stereocenters. The van der Waals surface area contributed by atoms with Gasteiger partial charge < -0.3 is 10.2 Å². The number of aliphatic hydroxyl groups is 2. The lowest BCUT2D eigenvalue weighted by atomic mass is 10.2. The molecule has 0 amide bonds. The van der Waals surface area contributed by atoms with Crippen molar-refractivity contribution in [1.29, 1.82) is 0 Å². The Labute approximate surface area is 68.9 Å². The number of rotatable bonds is 1. The molecule has 0 atom stereocenters. The molecule has 0 saturated heterocycles. The predicted molar refractivity (Wildman–Crippen MR) is 45.3 cm³/mol. The summed E-state index contributed by atoms with van der Waals surface area (Å²) in [4.78, 5) is 10.4. The zero-order valence-electron chi connectivity index (χ0n) is 6.27. The van der Waals surface area contributed by atoms with Gasteiger partial charge in [-0.3, -0.25) is 4.79 Å². The largest absolute Gasteiger partial charge is 0.515 e. The molecule has 1 aromatic rings. The van der Waals surface area contributed by atoms with E-state index in [1.807, 2.05) is 0 Å². The second kappa shape index (κ2) is 3.57. The molecule has 2 N–H and O–H groups in total. The van der Waals surface area contributed by atoms with Crippen LogP contribution in [0.3, 0.4) is 0 Å². The fraction of sp³-hybridized carbons (Fsp3) is 0. The van der Waals surface area contributed by atoms with Crippen LogP contribution in [0.5, 0.6) is 0 Å². The highest BCUT2D eigenvalue weighted by Crippen LogP contribution is 1.80. The quantitative estimate of drug-likeness (QED) is 0.578. The first-order valence-corrected chi connectivity index (χ1v) is 3.36. The average Bonchev–Trinajstić information content (AvgIpc) is 2.16. The zero-order chi connectivity index (χ0) is 8.97. The Hall–Kier alpha value is -1.77. The Kier molecular flexibility index (Phi) is 2.48. The summed E-state index contributed by atoms with van der Waals surface area (Å²) in [6.45, 7) is 0. The third-order valence-corrected chi connectivity index (χ3v) is 1.53. The van der Waals surface area contributed by atoms with Crippen LogP contribution >= 0.6 is 0 Å². The van der Waals surface area contributed by atoms with Crippen molar-refractivity contribution in [3.63, 3.8) is 0 Å². The summed E-state index contributed by atoms with van der Waals surface area (Å²) >= 11 is 0. The van der Waals surface area contributed by atoms with Crippen molar-refractivity contribution in [2.75, 3.05) is 0 Å². The van der Waals surface area contributed by atoms with E-state index in [0.29, 0.717) is 22.3 Å². The summed E-state index contributed by atoms with van der Waals surface area (Å²) in [6, 6.07) is 4.62. The Morgan fingerprint density at radius 1 is 1.17 bits per heavy atom. The molecule has 3 nitrogen and oxygen atoms in total. The van der Waals surface area contributed by atoms with Crippen molar-refractivity contribution in [3.05, 3.63) is 34.2 Å². The van der Waals surface area contributed by atoms with Crippen LogP contribution in [0.2, 0.25) is 0 Å². The number of hydrogen-bond acceptors (Lipinski definition) is 3. The van der Waals surface area contributed by atoms with Gasteiger partial charge in [-0.15, -0.1) is 0 Å². The molecule has 62 valence electrons. The normalized spacial score (nSPS) is 13.3. The summed E-state index contributed by atoms with van der Waals surface area (Å²) < 4.78 is 0. The van der Waals surface area contributed by atoms with E-state index in [2.05, 4.69) is 0 Å². The van der Waals surface area contributed by atoms with E-state index in [1.54, 1.807) is 12.1 Å². The number of benzene rings is 1. The van der Waals surface area contributed by atoms with Gasteiger partial charge in [0.05, 0.1) is 12.5 Å². The van der Waals surface area contributed by atoms with Crippen LogP contribution in [0.25, 0.3) is 12.5 Å². The predicted octanol–water partition coefficient (Wildman–Crippen LogP) is 0.0911. The molecule has 0 aliphatic carbocycles. The zero-order valence-corrected chi connectivity index (χ0v) is 6.27. The van der Waals surface area contributed by atoms with Gasteiger partial charge in [0.25, 0.3) is 0 Å². The number of aldehydes is 1. The molecule has 1 aromatic carbocycles. The summed E-state index contributed by atoms with van der Waals surface area (Å²) in [5, 5.41) is 18.2. The fourth-order valence-corrected chi connectivity index (χ4v) is 0.893. The SMILES string of the molecule is O=Cc1cc(=CO)ccc1=CO. The molecule has 0 aliphatic rings. The molecule has 0 fully saturated rings. The molecule has 3 heteroatoms. The topological polar surface area (TPSA) is 57.5 Å². The van der Waals surface area contributed by atoms with Crippen LogP contribution in [-0.4, -0.2) is 16.5 Å². The van der Waals surface area contributed by atoms with Crippen molar-refractivity contribution in [1.82, 2.24) is 0 Å². The molecule has 0 bridgehead atoms. The molecule has 12 heavy (non-hydrogen) atoms. The summed E-state index contributed by atoms with van der Waals surface area (Å²) in [6.07, 6.45) is 2.37. The lowest BCUT2D eigenvalue weighted by Gasteiger charge is -1.90. The first-order chi connectivity index (χ1) is 5.81. The molecular formula is C9H8O3. The fourth-order valence-electron chi connectivity index (χ4n) is 0.893. The second-order valence-electron chi connectivity index (χ2n) is 2.26. The van der Waals surface area contributed by atoms with Gasteiger partial charge in [0.1, 0.15) is 0 Å². The standard InChI is InChI=1S/C9H8O3/c10-4-7-1-2-8(5-11)9(3-7)6-12/h1-6,10-11H. The first kappa shape index (κ1) is 8.33. The lowest BCUT2D eigenvalue weighted by molar-refractivity contribution is 0.112. The Morgan fingerprint density at radius 2 is 1.92 bits per heavy atom. The molecule has 0 aromatic heterocycles. The van der Waals surface area contributed by atoms with Gasteiger partial charge in [-0.05, 0) is 6.07 Å². The van der Waals surface area contributed by atoms with Crippen molar-refractivity contribution < 1.29 is 15.0 Å². The number of hydrogen-bond donors (Lipinski definition) is 2. The Balaban J connectivity index is 3.51. The minimum Gasteiger partial charge on any atom is -0.515 e. The molecule has 0 spiro atoms. The number of carbonyl (C=O) groups excluding carboxylic acids is 1. The average molecular weight is 164 g/mol. The third kappa shape index (κ3) is 1.45. The molecule has 0 heterocycles. The Morgan fingerprint density at radius 3 is 2.42 bits per heavy atom. The summed E-state index contributed by atoms with van der Waals surface area (Å²) in [7, 11) is 0. The van der Waals surface area contributed by atoms with Gasteiger partial charge in [-0.1, -0.05) is 12.1 Å². The van der Waals surface area contributed by atoms with Crippen LogP contribution in [0.15, 0.2) is 18.2 Å². The maximum Gasteiger partial charge on any atom is 0.150 e. The van der Waals surface area contributed by atoms with Crippen molar-refractivity contribution in [2.24, 2.45) is 0 Å². The van der Waals surface area contributed by atoms with Crippen LogP contribution < -0.4 is 10.4 Å². The maximum atomic E-state index is 10.4. The van der Waals surface area contributed by atoms with E-state index in [4.69, 9.17) is 10.2 Å². The van der Waals surface area contributed by atoms with Crippen molar-refractivity contribution >= 4 is 18.8 Å². The van der Waals surface area contributed by atoms with E-state index in [9.17, 15) is 4.79 Å². The van der Waals surface area contributed by atoms with Crippen molar-refractivity contribution in [2.45, 2.75) is 0 Å². The summed E-state index contributed by atoms with van der Waals surface area (Å²) in [5.74, 6) is 0. The molecule has 1 rings (SSSR count). The van der Waals surface area contributed by atoms with E-state index in [1.165, 1.54) is 6.07 Å². The molecule has 0 aliphatic heterocycles. The van der Waals surface area contributed by atoms with Gasteiger partial charge in [0, 0.05) is 16.0 Å². The van der Waals surface area contributed by atoms with E-state index >= 15 is 0 Å². The van der Waals surface area contributed by atoms with Gasteiger partial charge >= 0.3 is 0 Å².